The smallest absolute Gasteiger partial charge is 0.0830 e. The Morgan fingerprint density at radius 3 is 2.25 bits per heavy atom. The zero-order valence-corrected chi connectivity index (χ0v) is 10.1. The first-order valence-electron chi connectivity index (χ1n) is 4.30. The third kappa shape index (κ3) is 2.86. The molecule has 1 aliphatic rings. The van der Waals surface area contributed by atoms with Crippen LogP contribution in [0.25, 0.3) is 0 Å². The molecular weight excluding hydrogens is 188 g/mol. The largest absolute Gasteiger partial charge is 0.370 e. The van der Waals surface area contributed by atoms with Crippen molar-refractivity contribution in [2.24, 2.45) is 0 Å². The molecule has 0 aliphatic carbocycles. The maximum absolute atomic E-state index is 5.97. The van der Waals surface area contributed by atoms with Gasteiger partial charge in [-0.2, -0.15) is 0 Å². The lowest BCUT2D eigenvalue weighted by molar-refractivity contribution is -0.0591. The monoisotopic (exact) mass is 206 g/mol. The molecule has 0 amide bonds. The molecule has 12 heavy (non-hydrogen) atoms. The third-order valence-electron chi connectivity index (χ3n) is 1.76. The van der Waals surface area contributed by atoms with E-state index in [1.165, 1.54) is 0 Å². The Morgan fingerprint density at radius 1 is 1.33 bits per heavy atom. The first-order valence-corrected chi connectivity index (χ1v) is 6.62. The number of rotatable bonds is 1. The second-order valence-electron chi connectivity index (χ2n) is 4.69. The summed E-state index contributed by atoms with van der Waals surface area (Å²) in [7, 11) is 3.86. The third-order valence-corrected chi connectivity index (χ3v) is 5.06. The Balaban J connectivity index is 2.53. The van der Waals surface area contributed by atoms with Crippen LogP contribution in [0.1, 0.15) is 34.6 Å². The predicted octanol–water partition coefficient (Wildman–Crippen LogP) is 3.34. The first kappa shape index (κ1) is 10.7. The zero-order valence-electron chi connectivity index (χ0n) is 8.51. The van der Waals surface area contributed by atoms with Gasteiger partial charge in [-0.15, -0.1) is 0 Å². The van der Waals surface area contributed by atoms with Crippen LogP contribution in [-0.4, -0.2) is 22.2 Å². The molecule has 0 bridgehead atoms. The fourth-order valence-electron chi connectivity index (χ4n) is 1.10. The van der Waals surface area contributed by atoms with Crippen molar-refractivity contribution in [3.05, 3.63) is 0 Å². The summed E-state index contributed by atoms with van der Waals surface area (Å²) in [5.41, 5.74) is -0.00655. The summed E-state index contributed by atoms with van der Waals surface area (Å²) < 4.78 is 6.25. The Bertz CT molecular complexity index is 160. The molecule has 1 atom stereocenters. The highest BCUT2D eigenvalue weighted by Crippen LogP contribution is 2.48. The van der Waals surface area contributed by atoms with Gasteiger partial charge in [0.1, 0.15) is 0 Å². The van der Waals surface area contributed by atoms with E-state index in [9.17, 15) is 0 Å². The number of hydrogen-bond acceptors (Lipinski definition) is 3. The van der Waals surface area contributed by atoms with E-state index in [0.29, 0.717) is 6.10 Å². The zero-order chi connectivity index (χ0) is 9.41. The van der Waals surface area contributed by atoms with Crippen LogP contribution in [0.5, 0.6) is 0 Å². The van der Waals surface area contributed by atoms with Gasteiger partial charge in [-0.05, 0) is 34.6 Å². The van der Waals surface area contributed by atoms with Gasteiger partial charge >= 0.3 is 0 Å². The summed E-state index contributed by atoms with van der Waals surface area (Å²) in [5.74, 6) is 1.12. The molecule has 1 unspecified atom stereocenters. The van der Waals surface area contributed by atoms with E-state index in [-0.39, 0.29) is 10.3 Å². The van der Waals surface area contributed by atoms with Crippen LogP contribution in [0.4, 0.5) is 0 Å². The Kier molecular flexibility index (Phi) is 3.07. The molecule has 1 aliphatic heterocycles. The van der Waals surface area contributed by atoms with E-state index in [0.717, 1.165) is 5.75 Å². The van der Waals surface area contributed by atoms with E-state index >= 15 is 0 Å². The molecular formula is C9H18OS2. The number of hydrogen-bond donors (Lipinski definition) is 0. The maximum Gasteiger partial charge on any atom is 0.0830 e. The second kappa shape index (κ2) is 3.43. The molecule has 0 N–H and O–H groups in total. The van der Waals surface area contributed by atoms with Crippen molar-refractivity contribution >= 4 is 21.6 Å². The minimum absolute atomic E-state index is 0.00655. The van der Waals surface area contributed by atoms with E-state index in [2.05, 4.69) is 34.6 Å². The van der Waals surface area contributed by atoms with E-state index < -0.39 is 0 Å². The minimum Gasteiger partial charge on any atom is -0.370 e. The standard InChI is InChI=1S/C9H18OS2/c1-8(2,3)10-7-6-11-12-9(7,4)5/h7H,6H2,1-5H3. The Labute approximate surface area is 83.4 Å². The van der Waals surface area contributed by atoms with E-state index in [1.54, 1.807) is 0 Å². The molecule has 3 heteroatoms. The summed E-state index contributed by atoms with van der Waals surface area (Å²) in [6.07, 6.45) is 0.396. The van der Waals surface area contributed by atoms with Gasteiger partial charge in [-0.1, -0.05) is 21.6 Å². The molecule has 0 aromatic carbocycles. The fourth-order valence-corrected chi connectivity index (χ4v) is 4.24. The molecule has 1 heterocycles. The molecule has 0 aromatic rings. The number of ether oxygens (including phenoxy) is 1. The summed E-state index contributed by atoms with van der Waals surface area (Å²) in [5, 5.41) is 0. The van der Waals surface area contributed by atoms with Crippen LogP contribution in [0, 0.1) is 0 Å². The van der Waals surface area contributed by atoms with Crippen LogP contribution in [-0.2, 0) is 4.74 Å². The van der Waals surface area contributed by atoms with Gasteiger partial charge in [0, 0.05) is 10.5 Å². The molecule has 1 rings (SSSR count). The van der Waals surface area contributed by atoms with Crippen molar-refractivity contribution in [2.45, 2.75) is 51.1 Å². The molecule has 72 valence electrons. The summed E-state index contributed by atoms with van der Waals surface area (Å²) in [6, 6.07) is 0. The van der Waals surface area contributed by atoms with Gasteiger partial charge < -0.3 is 4.74 Å². The van der Waals surface area contributed by atoms with Crippen LogP contribution >= 0.6 is 21.6 Å². The van der Waals surface area contributed by atoms with Crippen molar-refractivity contribution in [3.63, 3.8) is 0 Å². The van der Waals surface area contributed by atoms with Crippen LogP contribution in [0.3, 0.4) is 0 Å². The van der Waals surface area contributed by atoms with E-state index in [4.69, 9.17) is 4.74 Å². The van der Waals surface area contributed by atoms with Crippen LogP contribution in [0.15, 0.2) is 0 Å². The van der Waals surface area contributed by atoms with Crippen molar-refractivity contribution in [3.8, 4) is 0 Å². The maximum atomic E-state index is 5.97. The van der Waals surface area contributed by atoms with Gasteiger partial charge in [0.05, 0.1) is 11.7 Å². The quantitative estimate of drug-likeness (QED) is 0.609. The molecule has 1 saturated heterocycles. The summed E-state index contributed by atoms with van der Waals surface area (Å²) >= 11 is 0. The highest BCUT2D eigenvalue weighted by molar-refractivity contribution is 8.77. The predicted molar refractivity (Wildman–Crippen MR) is 58.8 cm³/mol. The molecule has 0 spiro atoms. The highest BCUT2D eigenvalue weighted by atomic mass is 33.1. The topological polar surface area (TPSA) is 9.23 Å². The Morgan fingerprint density at radius 2 is 1.92 bits per heavy atom. The van der Waals surface area contributed by atoms with Gasteiger partial charge in [0.15, 0.2) is 0 Å². The van der Waals surface area contributed by atoms with Crippen molar-refractivity contribution in [2.75, 3.05) is 5.75 Å². The SMILES string of the molecule is CC(C)(C)OC1CSSC1(C)C. The normalized spacial score (nSPS) is 29.2. The van der Waals surface area contributed by atoms with Gasteiger partial charge in [-0.25, -0.2) is 0 Å². The molecule has 0 aromatic heterocycles. The highest BCUT2D eigenvalue weighted by Gasteiger charge is 2.39. The minimum atomic E-state index is -0.00655. The summed E-state index contributed by atoms with van der Waals surface area (Å²) in [6.45, 7) is 10.9. The molecule has 0 saturated carbocycles. The summed E-state index contributed by atoms with van der Waals surface area (Å²) in [4.78, 5) is 0. The van der Waals surface area contributed by atoms with Crippen molar-refractivity contribution in [1.29, 1.82) is 0 Å². The molecule has 1 nitrogen and oxygen atoms in total. The first-order chi connectivity index (χ1) is 5.31. The van der Waals surface area contributed by atoms with Crippen LogP contribution in [0.2, 0.25) is 0 Å². The lowest BCUT2D eigenvalue weighted by atomic mass is 10.1. The van der Waals surface area contributed by atoms with Crippen molar-refractivity contribution < 1.29 is 4.74 Å². The average Bonchev–Trinajstić information content (AvgIpc) is 2.07. The lowest BCUT2D eigenvalue weighted by Crippen LogP contribution is -2.38. The van der Waals surface area contributed by atoms with Gasteiger partial charge in [0.25, 0.3) is 0 Å². The van der Waals surface area contributed by atoms with Crippen LogP contribution < -0.4 is 0 Å². The molecule has 0 radical (unpaired) electrons. The van der Waals surface area contributed by atoms with Gasteiger partial charge in [0.2, 0.25) is 0 Å². The van der Waals surface area contributed by atoms with Crippen molar-refractivity contribution in [1.82, 2.24) is 0 Å². The lowest BCUT2D eigenvalue weighted by Gasteiger charge is -2.31. The molecule has 1 fully saturated rings. The fraction of sp³-hybridized carbons (Fsp3) is 1.00. The Hall–Kier alpha value is 0.660. The van der Waals surface area contributed by atoms with E-state index in [1.807, 2.05) is 21.6 Å². The average molecular weight is 206 g/mol. The van der Waals surface area contributed by atoms with Gasteiger partial charge in [-0.3, -0.25) is 0 Å². The second-order valence-corrected chi connectivity index (χ2v) is 7.69.